The molecule has 2 N–H and O–H groups in total. The van der Waals surface area contributed by atoms with E-state index in [1.54, 1.807) is 4.90 Å². The van der Waals surface area contributed by atoms with Gasteiger partial charge in [0.1, 0.15) is 0 Å². The second-order valence-electron chi connectivity index (χ2n) is 5.53. The van der Waals surface area contributed by atoms with Crippen LogP contribution in [0.4, 0.5) is 4.79 Å². The highest BCUT2D eigenvalue weighted by Gasteiger charge is 2.42. The number of nitrogens with zero attached hydrogens (tertiary/aromatic N) is 1. The molecule has 2 bridgehead atoms. The first-order chi connectivity index (χ1) is 8.61. The van der Waals surface area contributed by atoms with Crippen LogP contribution in [0.2, 0.25) is 0 Å². The van der Waals surface area contributed by atoms with E-state index in [4.69, 9.17) is 9.84 Å². The molecule has 0 spiro atoms. The number of hydrogen-bond acceptors (Lipinski definition) is 3. The van der Waals surface area contributed by atoms with Crippen LogP contribution >= 0.6 is 0 Å². The van der Waals surface area contributed by atoms with Gasteiger partial charge in [-0.3, -0.25) is 4.79 Å². The molecule has 3 fully saturated rings. The maximum Gasteiger partial charge on any atom is 0.317 e. The van der Waals surface area contributed by atoms with E-state index >= 15 is 0 Å². The highest BCUT2D eigenvalue weighted by molar-refractivity contribution is 5.76. The van der Waals surface area contributed by atoms with Crippen molar-refractivity contribution in [1.82, 2.24) is 10.2 Å². The van der Waals surface area contributed by atoms with Gasteiger partial charge < -0.3 is 20.1 Å². The Hall–Kier alpha value is -1.30. The summed E-state index contributed by atoms with van der Waals surface area (Å²) in [5.41, 5.74) is 0. The van der Waals surface area contributed by atoms with Crippen LogP contribution in [-0.2, 0) is 9.53 Å². The Morgan fingerprint density at radius 2 is 2.11 bits per heavy atom. The predicted octanol–water partition coefficient (Wildman–Crippen LogP) is 0.422. The summed E-state index contributed by atoms with van der Waals surface area (Å²) in [6.45, 7) is 1.11. The minimum Gasteiger partial charge on any atom is -0.481 e. The molecule has 0 aromatic heterocycles. The van der Waals surface area contributed by atoms with Gasteiger partial charge in [-0.05, 0) is 19.3 Å². The van der Waals surface area contributed by atoms with E-state index in [2.05, 4.69) is 5.32 Å². The monoisotopic (exact) mass is 254 g/mol. The van der Waals surface area contributed by atoms with Crippen LogP contribution in [0.1, 0.15) is 25.7 Å². The van der Waals surface area contributed by atoms with Gasteiger partial charge in [0.15, 0.2) is 0 Å². The molecule has 3 atom stereocenters. The van der Waals surface area contributed by atoms with Crippen molar-refractivity contribution >= 4 is 12.0 Å². The van der Waals surface area contributed by atoms with Crippen molar-refractivity contribution in [3.05, 3.63) is 0 Å². The highest BCUT2D eigenvalue weighted by Crippen LogP contribution is 2.34. The topological polar surface area (TPSA) is 78.9 Å². The molecule has 3 aliphatic heterocycles. The Labute approximate surface area is 105 Å². The van der Waals surface area contributed by atoms with Gasteiger partial charge in [-0.2, -0.15) is 0 Å². The second-order valence-corrected chi connectivity index (χ2v) is 5.53. The van der Waals surface area contributed by atoms with Gasteiger partial charge in [0, 0.05) is 19.0 Å². The number of carboxylic acids is 1. The number of likely N-dealkylation sites (tertiary alicyclic amines) is 1. The van der Waals surface area contributed by atoms with Crippen molar-refractivity contribution in [3.8, 4) is 0 Å². The highest BCUT2D eigenvalue weighted by atomic mass is 16.5. The van der Waals surface area contributed by atoms with Crippen LogP contribution in [0.3, 0.4) is 0 Å². The summed E-state index contributed by atoms with van der Waals surface area (Å²) >= 11 is 0. The normalized spacial score (nSPS) is 34.4. The van der Waals surface area contributed by atoms with Crippen molar-refractivity contribution < 1.29 is 19.4 Å². The molecule has 3 unspecified atom stereocenters. The summed E-state index contributed by atoms with van der Waals surface area (Å²) in [4.78, 5) is 24.1. The van der Waals surface area contributed by atoms with E-state index in [0.29, 0.717) is 19.2 Å². The third kappa shape index (κ3) is 2.16. The van der Waals surface area contributed by atoms with Gasteiger partial charge in [0.05, 0.1) is 24.7 Å². The first-order valence-corrected chi connectivity index (χ1v) is 6.54. The molecule has 0 saturated carbocycles. The van der Waals surface area contributed by atoms with Crippen LogP contribution in [0.25, 0.3) is 0 Å². The molecule has 0 radical (unpaired) electrons. The fourth-order valence-corrected chi connectivity index (χ4v) is 3.15. The predicted molar refractivity (Wildman–Crippen MR) is 62.1 cm³/mol. The Balaban J connectivity index is 1.42. The molecule has 100 valence electrons. The average Bonchev–Trinajstić information content (AvgIpc) is 2.83. The molecule has 0 aromatic rings. The number of nitrogens with one attached hydrogen (secondary N) is 1. The standard InChI is InChI=1S/C12H18N2O4/c15-11(16)3-7-5-14(6-7)12(17)13-9-4-8-1-2-10(9)18-8/h7-10H,1-6H2,(H,13,17)(H,15,16). The second kappa shape index (κ2) is 4.42. The zero-order valence-corrected chi connectivity index (χ0v) is 10.2. The van der Waals surface area contributed by atoms with Gasteiger partial charge >= 0.3 is 12.0 Å². The third-order valence-corrected chi connectivity index (χ3v) is 4.12. The van der Waals surface area contributed by atoms with E-state index in [-0.39, 0.29) is 30.5 Å². The van der Waals surface area contributed by atoms with Crippen molar-refractivity contribution in [2.75, 3.05) is 13.1 Å². The van der Waals surface area contributed by atoms with E-state index < -0.39 is 5.97 Å². The lowest BCUT2D eigenvalue weighted by Gasteiger charge is -2.39. The molecule has 18 heavy (non-hydrogen) atoms. The fourth-order valence-electron chi connectivity index (χ4n) is 3.15. The number of aliphatic carboxylic acids is 1. The minimum atomic E-state index is -0.790. The van der Waals surface area contributed by atoms with E-state index in [1.807, 2.05) is 0 Å². The zero-order chi connectivity index (χ0) is 12.7. The van der Waals surface area contributed by atoms with Gasteiger partial charge in [-0.25, -0.2) is 4.79 Å². The number of fused-ring (bicyclic) bond motifs is 2. The molecule has 3 aliphatic rings. The lowest BCUT2D eigenvalue weighted by molar-refractivity contribution is -0.139. The first kappa shape index (κ1) is 11.8. The molecule has 3 saturated heterocycles. The quantitative estimate of drug-likeness (QED) is 0.765. The smallest absolute Gasteiger partial charge is 0.317 e. The van der Waals surface area contributed by atoms with Gasteiger partial charge in [-0.1, -0.05) is 0 Å². The Bertz CT molecular complexity index is 367. The number of rotatable bonds is 3. The Kier molecular flexibility index (Phi) is 2.89. The van der Waals surface area contributed by atoms with Crippen molar-refractivity contribution in [1.29, 1.82) is 0 Å². The third-order valence-electron chi connectivity index (χ3n) is 4.12. The number of hydrogen-bond donors (Lipinski definition) is 2. The number of carboxylic acid groups (broad SMARTS) is 1. The molecular weight excluding hydrogens is 236 g/mol. The van der Waals surface area contributed by atoms with Gasteiger partial charge in [-0.15, -0.1) is 0 Å². The summed E-state index contributed by atoms with van der Waals surface area (Å²) in [5, 5.41) is 11.6. The molecule has 0 aliphatic carbocycles. The average molecular weight is 254 g/mol. The molecule has 2 amide bonds. The molecule has 3 rings (SSSR count). The van der Waals surface area contributed by atoms with Crippen LogP contribution in [0.15, 0.2) is 0 Å². The summed E-state index contributed by atoms with van der Waals surface area (Å²) in [6.07, 6.45) is 3.74. The number of carbonyl (C=O) groups excluding carboxylic acids is 1. The van der Waals surface area contributed by atoms with Crippen LogP contribution < -0.4 is 5.32 Å². The molecular formula is C12H18N2O4. The van der Waals surface area contributed by atoms with Crippen molar-refractivity contribution in [2.45, 2.75) is 43.9 Å². The Morgan fingerprint density at radius 3 is 2.67 bits per heavy atom. The lowest BCUT2D eigenvalue weighted by atomic mass is 9.95. The molecule has 0 aromatic carbocycles. The summed E-state index contributed by atoms with van der Waals surface area (Å²) in [7, 11) is 0. The molecule has 3 heterocycles. The van der Waals surface area contributed by atoms with E-state index in [1.165, 1.54) is 0 Å². The van der Waals surface area contributed by atoms with Crippen LogP contribution in [-0.4, -0.2) is 53.3 Å². The van der Waals surface area contributed by atoms with Crippen LogP contribution in [0.5, 0.6) is 0 Å². The SMILES string of the molecule is O=C(O)CC1CN(C(=O)NC2CC3CCC2O3)C1. The van der Waals surface area contributed by atoms with Crippen LogP contribution in [0, 0.1) is 5.92 Å². The maximum absolute atomic E-state index is 11.9. The molecule has 6 heteroatoms. The largest absolute Gasteiger partial charge is 0.481 e. The summed E-state index contributed by atoms with van der Waals surface area (Å²) in [6, 6.07) is 0.0764. The number of urea groups is 1. The van der Waals surface area contributed by atoms with Gasteiger partial charge in [0.25, 0.3) is 0 Å². The zero-order valence-electron chi connectivity index (χ0n) is 10.2. The first-order valence-electron chi connectivity index (χ1n) is 6.54. The Morgan fingerprint density at radius 1 is 1.33 bits per heavy atom. The van der Waals surface area contributed by atoms with E-state index in [0.717, 1.165) is 19.3 Å². The molecule has 6 nitrogen and oxygen atoms in total. The minimum absolute atomic E-state index is 0.0715. The van der Waals surface area contributed by atoms with Crippen molar-refractivity contribution in [3.63, 3.8) is 0 Å². The number of ether oxygens (including phenoxy) is 1. The van der Waals surface area contributed by atoms with Crippen molar-refractivity contribution in [2.24, 2.45) is 5.92 Å². The number of amides is 2. The number of carbonyl (C=O) groups is 2. The fraction of sp³-hybridized carbons (Fsp3) is 0.833. The lowest BCUT2D eigenvalue weighted by Crippen LogP contribution is -2.57. The summed E-state index contributed by atoms with van der Waals surface area (Å²) in [5.74, 6) is -0.675. The van der Waals surface area contributed by atoms with E-state index in [9.17, 15) is 9.59 Å². The summed E-state index contributed by atoms with van der Waals surface area (Å²) < 4.78 is 5.68. The van der Waals surface area contributed by atoms with Gasteiger partial charge in [0.2, 0.25) is 0 Å². The maximum atomic E-state index is 11.9.